The summed E-state index contributed by atoms with van der Waals surface area (Å²) in [7, 11) is 1.18. The molecule has 1 rings (SSSR count). The van der Waals surface area contributed by atoms with Crippen molar-refractivity contribution in [1.82, 2.24) is 0 Å². The predicted molar refractivity (Wildman–Crippen MR) is 91.3 cm³/mol. The van der Waals surface area contributed by atoms with Crippen LogP contribution in [0.5, 0.6) is 0 Å². The molecule has 0 fully saturated rings. The van der Waals surface area contributed by atoms with Crippen LogP contribution in [0.2, 0.25) is 0 Å². The van der Waals surface area contributed by atoms with E-state index in [9.17, 15) is 53.1 Å². The summed E-state index contributed by atoms with van der Waals surface area (Å²) in [5, 5.41) is 0. The molecule has 32 heavy (non-hydrogen) atoms. The van der Waals surface area contributed by atoms with E-state index in [0.29, 0.717) is 17.7 Å². The average Bonchev–Trinajstić information content (AvgIpc) is 3.12. The molecule has 1 heterocycles. The van der Waals surface area contributed by atoms with Gasteiger partial charge in [-0.25, -0.2) is 4.39 Å². The summed E-state index contributed by atoms with van der Waals surface area (Å²) < 4.78 is 148. The van der Waals surface area contributed by atoms with Crippen molar-refractivity contribution < 1.29 is 57.8 Å². The van der Waals surface area contributed by atoms with E-state index in [2.05, 4.69) is 4.74 Å². The molecule has 0 aromatic carbocycles. The smallest absolute Gasteiger partial charge is 0.438 e. The maximum Gasteiger partial charge on any atom is 0.438 e. The lowest BCUT2D eigenvalue weighted by atomic mass is 9.88. The summed E-state index contributed by atoms with van der Waals surface area (Å²) in [6.45, 7) is 0. The highest BCUT2D eigenvalue weighted by atomic mass is 32.1. The van der Waals surface area contributed by atoms with Crippen LogP contribution in [-0.2, 0) is 16.0 Å². The molecule has 1 aromatic rings. The Balaban J connectivity index is 2.92. The number of ether oxygens (including phenoxy) is 1. The molecule has 0 spiro atoms. The van der Waals surface area contributed by atoms with Gasteiger partial charge in [0, 0.05) is 28.6 Å². The summed E-state index contributed by atoms with van der Waals surface area (Å²) in [5.74, 6) is -13.7. The van der Waals surface area contributed by atoms with Crippen LogP contribution in [0.15, 0.2) is 12.1 Å². The monoisotopic (exact) mass is 509 g/mol. The third-order valence-electron chi connectivity index (χ3n) is 4.52. The van der Waals surface area contributed by atoms with Gasteiger partial charge in [0.15, 0.2) is 0 Å². The Morgan fingerprint density at radius 2 is 1.53 bits per heavy atom. The first-order valence-electron chi connectivity index (χ1n) is 8.81. The van der Waals surface area contributed by atoms with Crippen molar-refractivity contribution in [1.29, 1.82) is 0 Å². The van der Waals surface area contributed by atoms with Gasteiger partial charge in [-0.15, -0.1) is 11.3 Å². The number of hydrogen-bond acceptors (Lipinski definition) is 4. The summed E-state index contributed by atoms with van der Waals surface area (Å²) in [5.41, 5.74) is -1.90. The van der Waals surface area contributed by atoms with E-state index in [1.807, 2.05) is 0 Å². The van der Waals surface area contributed by atoms with E-state index < -0.39 is 54.7 Å². The molecule has 0 aliphatic rings. The largest absolute Gasteiger partial charge is 0.469 e. The fourth-order valence-corrected chi connectivity index (χ4v) is 3.73. The standard InChI is InChI=1S/C17H18F11NO2S/c1-31-12(30)4-2-3-9-5-6-11(32-9)10(29)7-8-13(18,19)15(21,22)14(20,16(23,24)25)17(26,27)28/h5-6,10H,2-4,7-8,29H2,1H3. The summed E-state index contributed by atoms with van der Waals surface area (Å²) >= 11 is 0.929. The number of thiophene rings is 1. The van der Waals surface area contributed by atoms with Gasteiger partial charge in [-0.1, -0.05) is 0 Å². The molecule has 0 bridgehead atoms. The molecule has 0 aliphatic carbocycles. The van der Waals surface area contributed by atoms with E-state index in [1.54, 1.807) is 0 Å². The van der Waals surface area contributed by atoms with Crippen LogP contribution < -0.4 is 5.73 Å². The minimum absolute atomic E-state index is 0.0699. The van der Waals surface area contributed by atoms with Crippen molar-refractivity contribution in [2.75, 3.05) is 7.11 Å². The molecule has 1 aromatic heterocycles. The SMILES string of the molecule is COC(=O)CCCc1ccc(C(N)CCC(F)(F)C(F)(F)C(F)(C(F)(F)F)C(F)(F)F)s1. The Bertz CT molecular complexity index is 759. The number of halogens is 11. The van der Waals surface area contributed by atoms with Gasteiger partial charge >= 0.3 is 35.8 Å². The molecule has 3 nitrogen and oxygen atoms in total. The summed E-state index contributed by atoms with van der Waals surface area (Å²) in [4.78, 5) is 11.8. The van der Waals surface area contributed by atoms with Crippen LogP contribution in [0.4, 0.5) is 48.3 Å². The molecule has 0 saturated heterocycles. The molecule has 1 unspecified atom stereocenters. The van der Waals surface area contributed by atoms with Crippen molar-refractivity contribution >= 4 is 17.3 Å². The van der Waals surface area contributed by atoms with Crippen molar-refractivity contribution in [2.45, 2.75) is 68.0 Å². The molecule has 0 saturated carbocycles. The van der Waals surface area contributed by atoms with Gasteiger partial charge in [0.2, 0.25) is 0 Å². The minimum Gasteiger partial charge on any atom is -0.469 e. The third-order valence-corrected chi connectivity index (χ3v) is 5.80. The van der Waals surface area contributed by atoms with Gasteiger partial charge in [-0.05, 0) is 31.4 Å². The van der Waals surface area contributed by atoms with Crippen LogP contribution in [0, 0.1) is 0 Å². The third kappa shape index (κ3) is 5.64. The first kappa shape index (κ1) is 28.4. The maximum absolute atomic E-state index is 13.8. The Morgan fingerprint density at radius 3 is 2.00 bits per heavy atom. The van der Waals surface area contributed by atoms with E-state index in [1.165, 1.54) is 19.2 Å². The summed E-state index contributed by atoms with van der Waals surface area (Å²) in [6.07, 6.45) is -17.4. The highest BCUT2D eigenvalue weighted by Crippen LogP contribution is 2.60. The maximum atomic E-state index is 13.8. The van der Waals surface area contributed by atoms with Gasteiger partial charge in [0.05, 0.1) is 7.11 Å². The molecule has 186 valence electrons. The number of rotatable bonds is 10. The van der Waals surface area contributed by atoms with Crippen LogP contribution >= 0.6 is 11.3 Å². The summed E-state index contributed by atoms with van der Waals surface area (Å²) in [6, 6.07) is 1.34. The molecule has 0 amide bonds. The lowest BCUT2D eigenvalue weighted by molar-refractivity contribution is -0.427. The highest BCUT2D eigenvalue weighted by Gasteiger charge is 2.89. The Labute approximate surface area is 178 Å². The Morgan fingerprint density at radius 1 is 1.00 bits per heavy atom. The number of aryl methyl sites for hydroxylation is 1. The first-order chi connectivity index (χ1) is 14.3. The van der Waals surface area contributed by atoms with Gasteiger partial charge in [0.25, 0.3) is 0 Å². The molecular formula is C17H18F11NO2S. The Kier molecular flexibility index (Phi) is 8.60. The second-order valence-electron chi connectivity index (χ2n) is 6.81. The molecule has 1 atom stereocenters. The van der Waals surface area contributed by atoms with E-state index >= 15 is 0 Å². The molecule has 0 aliphatic heterocycles. The van der Waals surface area contributed by atoms with Crippen molar-refractivity contribution in [3.05, 3.63) is 21.9 Å². The van der Waals surface area contributed by atoms with Gasteiger partial charge in [0.1, 0.15) is 0 Å². The minimum atomic E-state index is -7.46. The van der Waals surface area contributed by atoms with Gasteiger partial charge in [-0.2, -0.15) is 43.9 Å². The number of carbonyl (C=O) groups excluding carboxylic acids is 1. The topological polar surface area (TPSA) is 52.3 Å². The predicted octanol–water partition coefficient (Wildman–Crippen LogP) is 6.13. The quantitative estimate of drug-likeness (QED) is 0.305. The number of carbonyl (C=O) groups is 1. The average molecular weight is 509 g/mol. The zero-order valence-electron chi connectivity index (χ0n) is 16.2. The van der Waals surface area contributed by atoms with Crippen LogP contribution in [-0.4, -0.2) is 42.9 Å². The molecule has 15 heteroatoms. The van der Waals surface area contributed by atoms with Crippen LogP contribution in [0.3, 0.4) is 0 Å². The zero-order chi connectivity index (χ0) is 25.2. The zero-order valence-corrected chi connectivity index (χ0v) is 17.0. The highest BCUT2D eigenvalue weighted by molar-refractivity contribution is 7.12. The van der Waals surface area contributed by atoms with Gasteiger partial charge in [-0.3, -0.25) is 4.79 Å². The van der Waals surface area contributed by atoms with Crippen molar-refractivity contribution in [3.8, 4) is 0 Å². The second kappa shape index (κ2) is 9.69. The fraction of sp³-hybridized carbons (Fsp3) is 0.706. The van der Waals surface area contributed by atoms with Crippen molar-refractivity contribution in [2.24, 2.45) is 5.73 Å². The number of hydrogen-bond donors (Lipinski definition) is 1. The van der Waals surface area contributed by atoms with Crippen LogP contribution in [0.1, 0.15) is 41.5 Å². The van der Waals surface area contributed by atoms with E-state index in [4.69, 9.17) is 5.73 Å². The number of alkyl halides is 11. The number of nitrogens with two attached hydrogens (primary N) is 1. The number of esters is 1. The number of methoxy groups -OCH3 is 1. The Hall–Kier alpha value is -1.64. The fourth-order valence-electron chi connectivity index (χ4n) is 2.64. The molecule has 0 radical (unpaired) electrons. The second-order valence-corrected chi connectivity index (χ2v) is 8.01. The lowest BCUT2D eigenvalue weighted by Gasteiger charge is -2.39. The van der Waals surface area contributed by atoms with Gasteiger partial charge < -0.3 is 10.5 Å². The van der Waals surface area contributed by atoms with Crippen molar-refractivity contribution in [3.63, 3.8) is 0 Å². The molecular weight excluding hydrogens is 491 g/mol. The van der Waals surface area contributed by atoms with E-state index in [-0.39, 0.29) is 11.3 Å². The van der Waals surface area contributed by atoms with Crippen LogP contribution in [0.25, 0.3) is 0 Å². The molecule has 2 N–H and O–H groups in total. The normalized spacial score (nSPS) is 15.0. The van der Waals surface area contributed by atoms with E-state index in [0.717, 1.165) is 11.3 Å². The lowest BCUT2D eigenvalue weighted by Crippen LogP contribution is -2.70. The first-order valence-corrected chi connectivity index (χ1v) is 9.62.